The van der Waals surface area contributed by atoms with Gasteiger partial charge in [-0.15, -0.1) is 0 Å². The average Bonchev–Trinajstić information content (AvgIpc) is 3.37. The molecule has 10 nitrogen and oxygen atoms in total. The van der Waals surface area contributed by atoms with Gasteiger partial charge in [0.25, 0.3) is 0 Å². The van der Waals surface area contributed by atoms with E-state index < -0.39 is 42.3 Å². The van der Waals surface area contributed by atoms with E-state index in [0.29, 0.717) is 11.4 Å². The lowest BCUT2D eigenvalue weighted by Crippen LogP contribution is -2.62. The maximum absolute atomic E-state index is 13.6. The number of hydrogen-bond donors (Lipinski definition) is 2. The van der Waals surface area contributed by atoms with E-state index in [1.165, 1.54) is 9.80 Å². The topological polar surface area (TPSA) is 118 Å². The molecule has 5 rings (SSSR count). The first-order valence-corrected chi connectivity index (χ1v) is 13.5. The minimum absolute atomic E-state index is 0.000304. The maximum Gasteiger partial charge on any atom is 0.415 e. The van der Waals surface area contributed by atoms with Gasteiger partial charge in [-0.3, -0.25) is 9.80 Å². The third-order valence-corrected chi connectivity index (χ3v) is 7.12. The Morgan fingerprint density at radius 1 is 0.829 bits per heavy atom. The van der Waals surface area contributed by atoms with Crippen molar-refractivity contribution in [1.82, 2.24) is 0 Å². The lowest BCUT2D eigenvalue weighted by Gasteiger charge is -2.44. The van der Waals surface area contributed by atoms with Crippen molar-refractivity contribution in [3.05, 3.63) is 96.1 Å². The fourth-order valence-corrected chi connectivity index (χ4v) is 5.03. The van der Waals surface area contributed by atoms with Crippen LogP contribution in [0.5, 0.6) is 0 Å². The molecular weight excluding hydrogens is 528 g/mol. The number of ether oxygens (including phenoxy) is 4. The second-order valence-corrected chi connectivity index (χ2v) is 10.5. The van der Waals surface area contributed by atoms with E-state index >= 15 is 0 Å². The summed E-state index contributed by atoms with van der Waals surface area (Å²) >= 11 is 0. The molecule has 3 aromatic rings. The Labute approximate surface area is 238 Å². The summed E-state index contributed by atoms with van der Waals surface area (Å²) < 4.78 is 22.6. The molecule has 3 aromatic carbocycles. The summed E-state index contributed by atoms with van der Waals surface area (Å²) in [5.41, 5.74) is 2.33. The first-order chi connectivity index (χ1) is 19.7. The monoisotopic (exact) mass is 562 g/mol. The molecule has 0 spiro atoms. The van der Waals surface area contributed by atoms with Crippen LogP contribution in [0.25, 0.3) is 0 Å². The molecule has 0 aliphatic carbocycles. The Bertz CT molecular complexity index is 1340. The number of anilines is 2. The highest BCUT2D eigenvalue weighted by atomic mass is 16.7. The predicted octanol–water partition coefficient (Wildman–Crippen LogP) is 4.23. The molecule has 2 aliphatic heterocycles. The molecule has 216 valence electrons. The van der Waals surface area contributed by atoms with Crippen LogP contribution in [0.1, 0.15) is 25.0 Å². The molecule has 10 heteroatoms. The van der Waals surface area contributed by atoms with Crippen LogP contribution in [0.15, 0.2) is 84.9 Å². The zero-order valence-corrected chi connectivity index (χ0v) is 23.0. The van der Waals surface area contributed by atoms with E-state index in [9.17, 15) is 19.8 Å². The van der Waals surface area contributed by atoms with Gasteiger partial charge in [0.15, 0.2) is 5.79 Å². The second-order valence-electron chi connectivity index (χ2n) is 10.5. The lowest BCUT2D eigenvalue weighted by molar-refractivity contribution is -0.161. The largest absolute Gasteiger partial charge is 0.444 e. The van der Waals surface area contributed by atoms with Crippen LogP contribution < -0.4 is 9.80 Å². The third kappa shape index (κ3) is 6.52. The average molecular weight is 563 g/mol. The summed E-state index contributed by atoms with van der Waals surface area (Å²) in [5.74, 6) is -0.938. The van der Waals surface area contributed by atoms with E-state index in [2.05, 4.69) is 0 Å². The number of carbonyl (C=O) groups is 2. The standard InChI is InChI=1S/C31H34N2O8/c1-31(2)40-20-26(41-31)28(35)27(34)25-17-32(29(36)38-18-21-11-5-3-6-12-21)23-15-9-10-16-24(23)33(25)30(37)39-19-22-13-7-4-8-14-22/h3-16,25-28,34-35H,17-20H2,1-2H3/t25?,26-,27+,28+/m0/s1. The molecule has 4 atom stereocenters. The van der Waals surface area contributed by atoms with Crippen LogP contribution >= 0.6 is 0 Å². The van der Waals surface area contributed by atoms with E-state index in [1.807, 2.05) is 60.7 Å². The normalized spacial score (nSPS) is 21.1. The first-order valence-electron chi connectivity index (χ1n) is 13.5. The van der Waals surface area contributed by atoms with Gasteiger partial charge >= 0.3 is 12.2 Å². The Kier molecular flexibility index (Phi) is 8.55. The lowest BCUT2D eigenvalue weighted by atomic mass is 9.96. The fraction of sp³-hybridized carbons (Fsp3) is 0.355. The molecule has 2 aliphatic rings. The highest BCUT2D eigenvalue weighted by Gasteiger charge is 2.47. The maximum atomic E-state index is 13.6. The third-order valence-electron chi connectivity index (χ3n) is 7.12. The van der Waals surface area contributed by atoms with Gasteiger partial charge < -0.3 is 29.2 Å². The SMILES string of the molecule is CC1(C)OC[C@@H]([C@@H](O)[C@H](O)C2CN(C(=O)OCc3ccccc3)c3ccccc3N2C(=O)OCc2ccccc2)O1. The van der Waals surface area contributed by atoms with Gasteiger partial charge in [0, 0.05) is 0 Å². The number of benzene rings is 3. The molecule has 0 bridgehead atoms. The van der Waals surface area contributed by atoms with Crippen LogP contribution in [0.4, 0.5) is 21.0 Å². The zero-order valence-electron chi connectivity index (χ0n) is 23.0. The van der Waals surface area contributed by atoms with Gasteiger partial charge in [-0.05, 0) is 37.1 Å². The molecule has 1 saturated heterocycles. The highest BCUT2D eigenvalue weighted by Crippen LogP contribution is 2.38. The van der Waals surface area contributed by atoms with Crippen LogP contribution in [0, 0.1) is 0 Å². The Morgan fingerprint density at radius 3 is 1.93 bits per heavy atom. The van der Waals surface area contributed by atoms with Crippen molar-refractivity contribution < 1.29 is 38.7 Å². The molecular formula is C31H34N2O8. The number of aliphatic hydroxyl groups is 2. The first kappa shape index (κ1) is 28.6. The smallest absolute Gasteiger partial charge is 0.415 e. The predicted molar refractivity (Wildman–Crippen MR) is 150 cm³/mol. The van der Waals surface area contributed by atoms with Gasteiger partial charge in [-0.2, -0.15) is 0 Å². The number of carbonyl (C=O) groups excluding carboxylic acids is 2. The van der Waals surface area contributed by atoms with Gasteiger partial charge in [-0.25, -0.2) is 9.59 Å². The molecule has 0 aromatic heterocycles. The zero-order chi connectivity index (χ0) is 29.0. The molecule has 0 radical (unpaired) electrons. The van der Waals surface area contributed by atoms with Crippen molar-refractivity contribution in [1.29, 1.82) is 0 Å². The van der Waals surface area contributed by atoms with Crippen molar-refractivity contribution >= 4 is 23.6 Å². The van der Waals surface area contributed by atoms with Gasteiger partial charge in [-0.1, -0.05) is 72.8 Å². The van der Waals surface area contributed by atoms with Crippen LogP contribution in [-0.4, -0.2) is 65.7 Å². The van der Waals surface area contributed by atoms with Crippen LogP contribution in [-0.2, 0) is 32.2 Å². The van der Waals surface area contributed by atoms with Crippen molar-refractivity contribution in [3.8, 4) is 0 Å². The van der Waals surface area contributed by atoms with E-state index in [1.54, 1.807) is 38.1 Å². The van der Waals surface area contributed by atoms with E-state index in [-0.39, 0.29) is 26.4 Å². The number of rotatable bonds is 7. The number of aliphatic hydroxyl groups excluding tert-OH is 2. The molecule has 1 fully saturated rings. The molecule has 0 saturated carbocycles. The molecule has 41 heavy (non-hydrogen) atoms. The number of amides is 2. The van der Waals surface area contributed by atoms with E-state index in [0.717, 1.165) is 11.1 Å². The summed E-state index contributed by atoms with van der Waals surface area (Å²) in [5, 5.41) is 22.7. The van der Waals surface area contributed by atoms with Crippen LogP contribution in [0.2, 0.25) is 0 Å². The van der Waals surface area contributed by atoms with Crippen molar-refractivity contribution in [2.75, 3.05) is 23.0 Å². The Hall–Kier alpha value is -3.96. The molecule has 2 heterocycles. The van der Waals surface area contributed by atoms with E-state index in [4.69, 9.17) is 18.9 Å². The summed E-state index contributed by atoms with van der Waals surface area (Å²) in [4.78, 5) is 29.6. The highest BCUT2D eigenvalue weighted by molar-refractivity contribution is 6.00. The minimum Gasteiger partial charge on any atom is -0.444 e. The molecule has 2 N–H and O–H groups in total. The van der Waals surface area contributed by atoms with Crippen LogP contribution in [0.3, 0.4) is 0 Å². The number of fused-ring (bicyclic) bond motifs is 1. The Balaban J connectivity index is 1.43. The van der Waals surface area contributed by atoms with Gasteiger partial charge in [0.05, 0.1) is 30.6 Å². The van der Waals surface area contributed by atoms with Crippen molar-refractivity contribution in [2.24, 2.45) is 0 Å². The second kappa shape index (κ2) is 12.3. The molecule has 2 amide bonds. The number of nitrogens with zero attached hydrogens (tertiary/aromatic N) is 2. The summed E-state index contributed by atoms with van der Waals surface area (Å²) in [7, 11) is 0. The van der Waals surface area contributed by atoms with Gasteiger partial charge in [0.2, 0.25) is 0 Å². The summed E-state index contributed by atoms with van der Waals surface area (Å²) in [6.07, 6.45) is -5.21. The summed E-state index contributed by atoms with van der Waals surface area (Å²) in [6.45, 7) is 3.34. The van der Waals surface area contributed by atoms with Gasteiger partial charge in [0.1, 0.15) is 31.5 Å². The van der Waals surface area contributed by atoms with Crippen molar-refractivity contribution in [2.45, 2.75) is 57.2 Å². The number of hydrogen-bond acceptors (Lipinski definition) is 8. The quantitative estimate of drug-likeness (QED) is 0.439. The number of para-hydroxylation sites is 2. The Morgan fingerprint density at radius 2 is 1.37 bits per heavy atom. The molecule has 1 unspecified atom stereocenters. The van der Waals surface area contributed by atoms with Crippen molar-refractivity contribution in [3.63, 3.8) is 0 Å². The summed E-state index contributed by atoms with van der Waals surface area (Å²) in [6, 6.07) is 24.2. The minimum atomic E-state index is -1.53. The fourth-order valence-electron chi connectivity index (χ4n) is 5.03.